The van der Waals surface area contributed by atoms with E-state index in [9.17, 15) is 0 Å². The van der Waals surface area contributed by atoms with Crippen molar-refractivity contribution in [3.8, 4) is 11.1 Å². The van der Waals surface area contributed by atoms with Crippen LogP contribution in [0.4, 0.5) is 0 Å². The minimum Gasteiger partial charge on any atom is -1.00 e. The van der Waals surface area contributed by atoms with Gasteiger partial charge in [0.05, 0.1) is 13.2 Å². The molecule has 1 spiro atoms. The first-order valence-corrected chi connectivity index (χ1v) is 5.81. The van der Waals surface area contributed by atoms with Crippen molar-refractivity contribution in [1.29, 1.82) is 0 Å². The maximum Gasteiger partial charge on any atom is 2.00 e. The molecule has 0 atom stereocenters. The summed E-state index contributed by atoms with van der Waals surface area (Å²) in [7, 11) is 0. The molecule has 0 N–H and O–H groups in total. The SMILES string of the molecule is [Br-].[Mg+2].[c-]1cccc2c1-c1ccccc1C21OCCO1. The number of fused-ring (bicyclic) bond motifs is 5. The third-order valence-corrected chi connectivity index (χ3v) is 3.46. The minimum absolute atomic E-state index is 0. The average molecular weight is 327 g/mol. The third kappa shape index (κ3) is 1.97. The van der Waals surface area contributed by atoms with Gasteiger partial charge in [0.15, 0.2) is 5.79 Å². The molecule has 4 heteroatoms. The van der Waals surface area contributed by atoms with Gasteiger partial charge in [0, 0.05) is 0 Å². The zero-order valence-electron chi connectivity index (χ0n) is 10.4. The van der Waals surface area contributed by atoms with Gasteiger partial charge in [-0.3, -0.25) is 0 Å². The van der Waals surface area contributed by atoms with E-state index in [1.807, 2.05) is 24.3 Å². The molecule has 1 saturated heterocycles. The summed E-state index contributed by atoms with van der Waals surface area (Å²) in [5.74, 6) is -0.677. The van der Waals surface area contributed by atoms with E-state index in [-0.39, 0.29) is 40.0 Å². The van der Waals surface area contributed by atoms with E-state index in [0.717, 1.165) is 16.7 Å². The first-order chi connectivity index (χ1) is 8.42. The molecule has 2 aliphatic rings. The summed E-state index contributed by atoms with van der Waals surface area (Å²) < 4.78 is 11.8. The Morgan fingerprint density at radius 3 is 2.42 bits per heavy atom. The molecule has 1 heterocycles. The first-order valence-electron chi connectivity index (χ1n) is 5.81. The van der Waals surface area contributed by atoms with Crippen molar-refractivity contribution >= 4 is 23.1 Å². The van der Waals surface area contributed by atoms with E-state index < -0.39 is 5.79 Å². The summed E-state index contributed by atoms with van der Waals surface area (Å²) >= 11 is 0. The summed E-state index contributed by atoms with van der Waals surface area (Å²) in [6.45, 7) is 1.28. The van der Waals surface area contributed by atoms with Gasteiger partial charge in [0.1, 0.15) is 0 Å². The molecule has 0 radical (unpaired) electrons. The molecule has 1 aliphatic heterocycles. The Bertz CT molecular complexity index is 547. The molecule has 0 unspecified atom stereocenters. The molecule has 1 aliphatic carbocycles. The van der Waals surface area contributed by atoms with E-state index in [2.05, 4.69) is 24.3 Å². The van der Waals surface area contributed by atoms with E-state index >= 15 is 0 Å². The zero-order valence-corrected chi connectivity index (χ0v) is 13.4. The van der Waals surface area contributed by atoms with Gasteiger partial charge in [-0.1, -0.05) is 35.4 Å². The van der Waals surface area contributed by atoms with Crippen LogP contribution in [0.5, 0.6) is 0 Å². The molecule has 0 aromatic heterocycles. The number of hydrogen-bond acceptors (Lipinski definition) is 2. The van der Waals surface area contributed by atoms with Gasteiger partial charge in [-0.2, -0.15) is 0 Å². The van der Waals surface area contributed by atoms with Gasteiger partial charge >= 0.3 is 23.1 Å². The second kappa shape index (κ2) is 5.54. The number of ether oxygens (including phenoxy) is 2. The molecular formula is C15H11BrMgO2. The quantitative estimate of drug-likeness (QED) is 0.472. The van der Waals surface area contributed by atoms with Crippen LogP contribution >= 0.6 is 0 Å². The first kappa shape index (κ1) is 15.0. The Kier molecular flexibility index (Phi) is 4.37. The van der Waals surface area contributed by atoms with Gasteiger partial charge in [-0.25, -0.2) is 0 Å². The molecule has 4 rings (SSSR count). The molecule has 1 fully saturated rings. The van der Waals surface area contributed by atoms with Crippen LogP contribution in [0.1, 0.15) is 11.1 Å². The molecular weight excluding hydrogens is 316 g/mol. The molecule has 2 nitrogen and oxygen atoms in total. The fraction of sp³-hybridized carbons (Fsp3) is 0.200. The Morgan fingerprint density at radius 1 is 0.947 bits per heavy atom. The Labute approximate surface area is 139 Å². The molecule has 0 saturated carbocycles. The van der Waals surface area contributed by atoms with Crippen molar-refractivity contribution in [1.82, 2.24) is 0 Å². The number of rotatable bonds is 0. The fourth-order valence-corrected chi connectivity index (χ4v) is 2.79. The molecule has 19 heavy (non-hydrogen) atoms. The fourth-order valence-electron chi connectivity index (χ4n) is 2.79. The Morgan fingerprint density at radius 2 is 1.63 bits per heavy atom. The van der Waals surface area contributed by atoms with E-state index in [4.69, 9.17) is 9.47 Å². The summed E-state index contributed by atoms with van der Waals surface area (Å²) in [4.78, 5) is 0. The van der Waals surface area contributed by atoms with Gasteiger partial charge in [-0.15, -0.1) is 29.8 Å². The molecule has 92 valence electrons. The smallest absolute Gasteiger partial charge is 1.00 e. The molecule has 0 amide bonds. The second-order valence-electron chi connectivity index (χ2n) is 4.32. The average Bonchev–Trinajstić information content (AvgIpc) is 2.98. The van der Waals surface area contributed by atoms with E-state index in [1.54, 1.807) is 0 Å². The van der Waals surface area contributed by atoms with Crippen LogP contribution in [0.25, 0.3) is 11.1 Å². The zero-order chi connectivity index (χ0) is 11.3. The number of hydrogen-bond donors (Lipinski definition) is 0. The van der Waals surface area contributed by atoms with Crippen molar-refractivity contribution in [2.24, 2.45) is 0 Å². The predicted octanol–water partition coefficient (Wildman–Crippen LogP) is -0.662. The number of halogens is 1. The van der Waals surface area contributed by atoms with Crippen LogP contribution in [0.2, 0.25) is 0 Å². The predicted molar refractivity (Wildman–Crippen MR) is 69.2 cm³/mol. The second-order valence-corrected chi connectivity index (χ2v) is 4.32. The Hall–Kier alpha value is -0.394. The van der Waals surface area contributed by atoms with Gasteiger partial charge < -0.3 is 26.5 Å². The summed E-state index contributed by atoms with van der Waals surface area (Å²) in [6, 6.07) is 17.5. The monoisotopic (exact) mass is 326 g/mol. The van der Waals surface area contributed by atoms with Crippen LogP contribution in [-0.2, 0) is 15.3 Å². The topological polar surface area (TPSA) is 18.5 Å². The maximum atomic E-state index is 5.91. The van der Waals surface area contributed by atoms with Crippen LogP contribution in [-0.4, -0.2) is 36.3 Å². The number of benzene rings is 2. The van der Waals surface area contributed by atoms with Crippen LogP contribution in [0.15, 0.2) is 42.5 Å². The maximum absolute atomic E-state index is 5.91. The third-order valence-electron chi connectivity index (χ3n) is 3.46. The minimum atomic E-state index is -0.677. The van der Waals surface area contributed by atoms with Crippen LogP contribution in [0, 0.1) is 6.07 Å². The molecule has 2 aromatic carbocycles. The van der Waals surface area contributed by atoms with Crippen molar-refractivity contribution in [2.75, 3.05) is 13.2 Å². The summed E-state index contributed by atoms with van der Waals surface area (Å²) in [5.41, 5.74) is 4.46. The van der Waals surface area contributed by atoms with Gasteiger partial charge in [0.25, 0.3) is 0 Å². The largest absolute Gasteiger partial charge is 2.00 e. The summed E-state index contributed by atoms with van der Waals surface area (Å²) in [6.07, 6.45) is 0. The van der Waals surface area contributed by atoms with Gasteiger partial charge in [-0.05, 0) is 5.56 Å². The van der Waals surface area contributed by atoms with Crippen molar-refractivity contribution in [3.63, 3.8) is 0 Å². The molecule has 0 bridgehead atoms. The van der Waals surface area contributed by atoms with Gasteiger partial charge in [0.2, 0.25) is 0 Å². The van der Waals surface area contributed by atoms with Crippen molar-refractivity contribution < 1.29 is 26.5 Å². The molecule has 2 aromatic rings. The standard InChI is InChI=1S/C15H11O2.BrH.Mg/c1-3-7-13-11(5-1)12-6-2-4-8-14(12)15(13)16-9-10-17-15;;/h1-5,7-8H,9-10H2;1H;/q-1;;+2/p-1. The van der Waals surface area contributed by atoms with E-state index in [1.165, 1.54) is 5.56 Å². The van der Waals surface area contributed by atoms with Crippen molar-refractivity contribution in [3.05, 3.63) is 59.7 Å². The Balaban J connectivity index is 0.000000667. The normalized spacial score (nSPS) is 17.3. The van der Waals surface area contributed by atoms with Crippen LogP contribution in [0.3, 0.4) is 0 Å². The van der Waals surface area contributed by atoms with Crippen molar-refractivity contribution in [2.45, 2.75) is 5.79 Å². The van der Waals surface area contributed by atoms with Crippen LogP contribution < -0.4 is 17.0 Å². The van der Waals surface area contributed by atoms with E-state index in [0.29, 0.717) is 13.2 Å². The summed E-state index contributed by atoms with van der Waals surface area (Å²) in [5, 5.41) is 0.